The average Bonchev–Trinajstić information content (AvgIpc) is 2.72. The van der Waals surface area contributed by atoms with Gasteiger partial charge >= 0.3 is 0 Å². The number of hydrogen-bond acceptors (Lipinski definition) is 3. The van der Waals surface area contributed by atoms with Gasteiger partial charge < -0.3 is 5.11 Å². The molecule has 0 aromatic heterocycles. The molecule has 0 heterocycles. The van der Waals surface area contributed by atoms with E-state index in [0.29, 0.717) is 23.7 Å². The monoisotopic (exact) mass is 252 g/mol. The number of hydrogen-bond donors (Lipinski definition) is 2. The molecule has 5 atom stereocenters. The van der Waals surface area contributed by atoms with E-state index in [1.54, 1.807) is 0 Å². The SMILES string of the molecule is CC1(OO)CCC2C(C3C1=CCC3(C)O)C2(C)C. The summed E-state index contributed by atoms with van der Waals surface area (Å²) >= 11 is 0. The van der Waals surface area contributed by atoms with Crippen molar-refractivity contribution >= 4 is 0 Å². The molecule has 0 bridgehead atoms. The van der Waals surface area contributed by atoms with Gasteiger partial charge in [0.2, 0.25) is 0 Å². The molecule has 3 heteroatoms. The summed E-state index contributed by atoms with van der Waals surface area (Å²) in [6.45, 7) is 8.48. The Labute approximate surface area is 109 Å². The van der Waals surface area contributed by atoms with Crippen LogP contribution in [0, 0.1) is 23.2 Å². The van der Waals surface area contributed by atoms with Gasteiger partial charge in [0, 0.05) is 5.92 Å². The summed E-state index contributed by atoms with van der Waals surface area (Å²) in [6.07, 6.45) is 4.67. The maximum absolute atomic E-state index is 10.7. The zero-order valence-electron chi connectivity index (χ0n) is 11.7. The van der Waals surface area contributed by atoms with Crippen LogP contribution >= 0.6 is 0 Å². The molecule has 0 radical (unpaired) electrons. The van der Waals surface area contributed by atoms with E-state index >= 15 is 0 Å². The predicted molar refractivity (Wildman–Crippen MR) is 68.9 cm³/mol. The van der Waals surface area contributed by atoms with Crippen LogP contribution in [-0.2, 0) is 4.89 Å². The van der Waals surface area contributed by atoms with E-state index in [9.17, 15) is 10.4 Å². The van der Waals surface area contributed by atoms with Gasteiger partial charge in [0.1, 0.15) is 5.60 Å². The van der Waals surface area contributed by atoms with Crippen LogP contribution < -0.4 is 0 Å². The molecule has 0 amide bonds. The fraction of sp³-hybridized carbons (Fsp3) is 0.867. The Kier molecular flexibility index (Phi) is 2.38. The van der Waals surface area contributed by atoms with Crippen LogP contribution in [0.5, 0.6) is 0 Å². The molecular weight excluding hydrogens is 228 g/mol. The minimum atomic E-state index is -0.684. The fourth-order valence-corrected chi connectivity index (χ4v) is 4.70. The first-order valence-electron chi connectivity index (χ1n) is 6.99. The summed E-state index contributed by atoms with van der Waals surface area (Å²) < 4.78 is 0. The maximum Gasteiger partial charge on any atom is 0.122 e. The van der Waals surface area contributed by atoms with Gasteiger partial charge in [0.05, 0.1) is 5.60 Å². The van der Waals surface area contributed by atoms with Crippen LogP contribution in [-0.4, -0.2) is 21.6 Å². The molecule has 0 saturated heterocycles. The van der Waals surface area contributed by atoms with Crippen LogP contribution in [0.25, 0.3) is 0 Å². The van der Waals surface area contributed by atoms with Crippen LogP contribution in [0.4, 0.5) is 0 Å². The van der Waals surface area contributed by atoms with Crippen molar-refractivity contribution in [1.29, 1.82) is 0 Å². The number of rotatable bonds is 1. The smallest absolute Gasteiger partial charge is 0.122 e. The molecule has 2 fully saturated rings. The number of aliphatic hydroxyl groups is 1. The zero-order chi connectivity index (χ0) is 13.3. The van der Waals surface area contributed by atoms with Crippen LogP contribution in [0.15, 0.2) is 11.6 Å². The lowest BCUT2D eigenvalue weighted by Gasteiger charge is -2.36. The highest BCUT2D eigenvalue weighted by Crippen LogP contribution is 2.71. The third-order valence-electron chi connectivity index (χ3n) is 5.98. The van der Waals surface area contributed by atoms with Gasteiger partial charge in [0.25, 0.3) is 0 Å². The van der Waals surface area contributed by atoms with E-state index < -0.39 is 11.2 Å². The van der Waals surface area contributed by atoms with Crippen molar-refractivity contribution in [2.45, 2.75) is 58.2 Å². The van der Waals surface area contributed by atoms with Crippen molar-refractivity contribution in [3.8, 4) is 0 Å². The van der Waals surface area contributed by atoms with Crippen molar-refractivity contribution in [2.24, 2.45) is 23.2 Å². The summed E-state index contributed by atoms with van der Waals surface area (Å²) in [5.41, 5.74) is 0.146. The molecule has 3 aliphatic carbocycles. The molecule has 3 aliphatic rings. The van der Waals surface area contributed by atoms with E-state index in [2.05, 4.69) is 19.9 Å². The lowest BCUT2D eigenvalue weighted by Crippen LogP contribution is -2.40. The Balaban J connectivity index is 2.03. The van der Waals surface area contributed by atoms with Crippen molar-refractivity contribution in [3.05, 3.63) is 11.6 Å². The normalized spacial score (nSPS) is 53.2. The third kappa shape index (κ3) is 1.41. The molecule has 2 N–H and O–H groups in total. The quantitative estimate of drug-likeness (QED) is 0.428. The van der Waals surface area contributed by atoms with Crippen molar-refractivity contribution < 1.29 is 15.3 Å². The van der Waals surface area contributed by atoms with E-state index in [1.807, 2.05) is 13.8 Å². The van der Waals surface area contributed by atoms with Gasteiger partial charge in [-0.1, -0.05) is 19.9 Å². The molecule has 0 spiro atoms. The highest BCUT2D eigenvalue weighted by atomic mass is 17.1. The van der Waals surface area contributed by atoms with Crippen LogP contribution in [0.3, 0.4) is 0 Å². The van der Waals surface area contributed by atoms with Gasteiger partial charge in [-0.05, 0) is 55.9 Å². The maximum atomic E-state index is 10.7. The van der Waals surface area contributed by atoms with Crippen molar-refractivity contribution in [2.75, 3.05) is 0 Å². The predicted octanol–water partition coefficient (Wildman–Crippen LogP) is 3.00. The Morgan fingerprint density at radius 3 is 2.56 bits per heavy atom. The summed E-state index contributed by atoms with van der Waals surface area (Å²) in [5.74, 6) is 1.31. The van der Waals surface area contributed by atoms with Crippen LogP contribution in [0.2, 0.25) is 0 Å². The first-order chi connectivity index (χ1) is 8.24. The first-order valence-corrected chi connectivity index (χ1v) is 6.99. The molecule has 0 aromatic rings. The second kappa shape index (κ2) is 3.38. The molecule has 102 valence electrons. The van der Waals surface area contributed by atoms with E-state index in [0.717, 1.165) is 18.4 Å². The second-order valence-electron chi connectivity index (χ2n) is 7.51. The van der Waals surface area contributed by atoms with Gasteiger partial charge in [-0.2, -0.15) is 0 Å². The number of fused-ring (bicyclic) bond motifs is 3. The van der Waals surface area contributed by atoms with Crippen molar-refractivity contribution in [3.63, 3.8) is 0 Å². The summed E-state index contributed by atoms with van der Waals surface area (Å²) in [7, 11) is 0. The topological polar surface area (TPSA) is 49.7 Å². The van der Waals surface area contributed by atoms with Crippen molar-refractivity contribution in [1.82, 2.24) is 0 Å². The molecule has 18 heavy (non-hydrogen) atoms. The first kappa shape index (κ1) is 12.6. The summed E-state index contributed by atoms with van der Waals surface area (Å²) in [5, 5.41) is 20.0. The largest absolute Gasteiger partial charge is 0.389 e. The van der Waals surface area contributed by atoms with E-state index in [-0.39, 0.29) is 5.92 Å². The highest BCUT2D eigenvalue weighted by Gasteiger charge is 2.68. The van der Waals surface area contributed by atoms with Gasteiger partial charge in [-0.25, -0.2) is 4.89 Å². The van der Waals surface area contributed by atoms with E-state index in [4.69, 9.17) is 4.89 Å². The van der Waals surface area contributed by atoms with Gasteiger partial charge in [-0.15, -0.1) is 0 Å². The molecule has 0 aliphatic heterocycles. The molecular formula is C15H24O3. The minimum Gasteiger partial charge on any atom is -0.389 e. The van der Waals surface area contributed by atoms with E-state index in [1.165, 1.54) is 0 Å². The molecule has 0 aromatic carbocycles. The third-order valence-corrected chi connectivity index (χ3v) is 5.98. The Bertz CT molecular complexity index is 410. The lowest BCUT2D eigenvalue weighted by molar-refractivity contribution is -0.309. The Morgan fingerprint density at radius 2 is 1.94 bits per heavy atom. The second-order valence-corrected chi connectivity index (χ2v) is 7.51. The van der Waals surface area contributed by atoms with Gasteiger partial charge in [-0.3, -0.25) is 5.26 Å². The Morgan fingerprint density at radius 1 is 1.28 bits per heavy atom. The Hall–Kier alpha value is -0.380. The standard InChI is InChI=1S/C15H24O3/c1-13(2)9-6-8-15(4,18-17)10-5-7-14(3,16)12(10)11(9)13/h5,9,11-12,16-17H,6-8H2,1-4H3. The molecule has 5 unspecified atom stereocenters. The lowest BCUT2D eigenvalue weighted by atomic mass is 9.76. The minimum absolute atomic E-state index is 0.136. The van der Waals surface area contributed by atoms with Gasteiger partial charge in [0.15, 0.2) is 0 Å². The highest BCUT2D eigenvalue weighted by molar-refractivity contribution is 5.35. The molecule has 2 saturated carbocycles. The molecule has 3 nitrogen and oxygen atoms in total. The zero-order valence-corrected chi connectivity index (χ0v) is 11.7. The fourth-order valence-electron chi connectivity index (χ4n) is 4.70. The van der Waals surface area contributed by atoms with Crippen LogP contribution in [0.1, 0.15) is 47.0 Å². The summed E-state index contributed by atoms with van der Waals surface area (Å²) in [6, 6.07) is 0. The summed E-state index contributed by atoms with van der Waals surface area (Å²) in [4.78, 5) is 4.82. The molecule has 3 rings (SSSR count). The average molecular weight is 252 g/mol.